The Bertz CT molecular complexity index is 311. The molecular weight excluding hydrogens is 236 g/mol. The minimum atomic E-state index is -0.863. The molecule has 3 N–H and O–H groups in total. The molecule has 2 rings (SSSR count). The summed E-state index contributed by atoms with van der Waals surface area (Å²) in [6.07, 6.45) is 3.66. The molecule has 18 heavy (non-hydrogen) atoms. The van der Waals surface area contributed by atoms with Crippen LogP contribution in [0.1, 0.15) is 32.1 Å². The highest BCUT2D eigenvalue weighted by Crippen LogP contribution is 2.33. The average molecular weight is 256 g/mol. The number of urea groups is 1. The van der Waals surface area contributed by atoms with E-state index in [9.17, 15) is 9.59 Å². The smallest absolute Gasteiger partial charge is 0.315 e. The van der Waals surface area contributed by atoms with Crippen LogP contribution in [-0.4, -0.2) is 42.4 Å². The lowest BCUT2D eigenvalue weighted by Gasteiger charge is -2.25. The van der Waals surface area contributed by atoms with Crippen LogP contribution in [0.15, 0.2) is 0 Å². The molecule has 2 fully saturated rings. The molecule has 102 valence electrons. The standard InChI is InChI=1S/C12H20N2O4/c15-11(16)7-10(8-1-2-8)14-12(17)13-9-3-5-18-6-4-9/h8-10H,1-7H2,(H,15,16)(H2,13,14,17). The number of aliphatic carboxylic acids is 1. The van der Waals surface area contributed by atoms with Crippen molar-refractivity contribution in [3.05, 3.63) is 0 Å². The van der Waals surface area contributed by atoms with Crippen molar-refractivity contribution in [2.24, 2.45) is 5.92 Å². The predicted octanol–water partition coefficient (Wildman–Crippen LogP) is 0.718. The van der Waals surface area contributed by atoms with Crippen molar-refractivity contribution in [2.45, 2.75) is 44.2 Å². The fraction of sp³-hybridized carbons (Fsp3) is 0.833. The van der Waals surface area contributed by atoms with E-state index >= 15 is 0 Å². The van der Waals surface area contributed by atoms with Crippen molar-refractivity contribution in [1.29, 1.82) is 0 Å². The lowest BCUT2D eigenvalue weighted by atomic mass is 10.1. The van der Waals surface area contributed by atoms with Gasteiger partial charge in [-0.05, 0) is 31.6 Å². The van der Waals surface area contributed by atoms with Gasteiger partial charge in [-0.3, -0.25) is 4.79 Å². The third-order valence-electron chi connectivity index (χ3n) is 3.46. The summed E-state index contributed by atoms with van der Waals surface area (Å²) in [5, 5.41) is 14.5. The van der Waals surface area contributed by atoms with Crippen LogP contribution in [0.4, 0.5) is 4.79 Å². The Morgan fingerprint density at radius 1 is 1.22 bits per heavy atom. The first-order chi connectivity index (χ1) is 8.65. The van der Waals surface area contributed by atoms with Crippen LogP contribution in [-0.2, 0) is 9.53 Å². The van der Waals surface area contributed by atoms with Crippen LogP contribution in [0.2, 0.25) is 0 Å². The number of hydrogen-bond acceptors (Lipinski definition) is 3. The van der Waals surface area contributed by atoms with Gasteiger partial charge in [-0.1, -0.05) is 0 Å². The van der Waals surface area contributed by atoms with E-state index in [2.05, 4.69) is 10.6 Å². The Kier molecular flexibility index (Phi) is 4.41. The minimum Gasteiger partial charge on any atom is -0.481 e. The van der Waals surface area contributed by atoms with E-state index in [1.165, 1.54) is 0 Å². The zero-order chi connectivity index (χ0) is 13.0. The average Bonchev–Trinajstić information content (AvgIpc) is 3.12. The predicted molar refractivity (Wildman–Crippen MR) is 64.3 cm³/mol. The lowest BCUT2D eigenvalue weighted by Crippen LogP contribution is -2.49. The summed E-state index contributed by atoms with van der Waals surface area (Å²) in [4.78, 5) is 22.5. The van der Waals surface area contributed by atoms with E-state index in [1.807, 2.05) is 0 Å². The maximum atomic E-state index is 11.8. The highest BCUT2D eigenvalue weighted by Gasteiger charge is 2.34. The number of rotatable bonds is 5. The normalized spacial score (nSPS) is 22.2. The molecule has 1 unspecified atom stereocenters. The first-order valence-electron chi connectivity index (χ1n) is 6.51. The van der Waals surface area contributed by atoms with Crippen molar-refractivity contribution in [3.63, 3.8) is 0 Å². The van der Waals surface area contributed by atoms with E-state index in [1.54, 1.807) is 0 Å². The molecule has 1 saturated heterocycles. The van der Waals surface area contributed by atoms with Gasteiger partial charge in [-0.25, -0.2) is 4.79 Å². The molecule has 6 nitrogen and oxygen atoms in total. The maximum absolute atomic E-state index is 11.8. The van der Waals surface area contributed by atoms with Gasteiger partial charge < -0.3 is 20.5 Å². The molecule has 6 heteroatoms. The van der Waals surface area contributed by atoms with Gasteiger partial charge >= 0.3 is 12.0 Å². The number of carboxylic acid groups (broad SMARTS) is 1. The number of amides is 2. The van der Waals surface area contributed by atoms with Gasteiger partial charge in [0.25, 0.3) is 0 Å². The first-order valence-corrected chi connectivity index (χ1v) is 6.51. The molecule has 0 aromatic rings. The van der Waals surface area contributed by atoms with Crippen molar-refractivity contribution in [3.8, 4) is 0 Å². The minimum absolute atomic E-state index is 0.00582. The molecule has 0 aromatic heterocycles. The van der Waals surface area contributed by atoms with Gasteiger partial charge in [0.05, 0.1) is 6.42 Å². The summed E-state index contributed by atoms with van der Waals surface area (Å²) in [6, 6.07) is -0.342. The van der Waals surface area contributed by atoms with E-state index in [0.29, 0.717) is 19.1 Å². The zero-order valence-electron chi connectivity index (χ0n) is 10.4. The van der Waals surface area contributed by atoms with E-state index in [0.717, 1.165) is 25.7 Å². The van der Waals surface area contributed by atoms with Crippen LogP contribution < -0.4 is 10.6 Å². The van der Waals surface area contributed by atoms with Gasteiger partial charge in [0, 0.05) is 25.3 Å². The van der Waals surface area contributed by atoms with E-state index in [-0.39, 0.29) is 24.5 Å². The Balaban J connectivity index is 1.75. The van der Waals surface area contributed by atoms with Crippen LogP contribution >= 0.6 is 0 Å². The molecule has 0 aromatic carbocycles. The number of carbonyl (C=O) groups is 2. The molecule has 0 spiro atoms. The number of carbonyl (C=O) groups excluding carboxylic acids is 1. The summed E-state index contributed by atoms with van der Waals surface area (Å²) < 4.78 is 5.21. The van der Waals surface area contributed by atoms with Gasteiger partial charge in [0.15, 0.2) is 0 Å². The second-order valence-electron chi connectivity index (χ2n) is 5.05. The topological polar surface area (TPSA) is 87.7 Å². The molecule has 1 aliphatic carbocycles. The largest absolute Gasteiger partial charge is 0.481 e. The fourth-order valence-electron chi connectivity index (χ4n) is 2.26. The quantitative estimate of drug-likeness (QED) is 0.676. The van der Waals surface area contributed by atoms with Gasteiger partial charge in [0.2, 0.25) is 0 Å². The molecule has 2 amide bonds. The number of ether oxygens (including phenoxy) is 1. The zero-order valence-corrected chi connectivity index (χ0v) is 10.4. The third kappa shape index (κ3) is 4.18. The molecule has 0 radical (unpaired) electrons. The first kappa shape index (κ1) is 13.1. The second-order valence-corrected chi connectivity index (χ2v) is 5.05. The Morgan fingerprint density at radius 2 is 1.89 bits per heavy atom. The van der Waals surface area contributed by atoms with E-state index in [4.69, 9.17) is 9.84 Å². The van der Waals surface area contributed by atoms with Gasteiger partial charge in [0.1, 0.15) is 0 Å². The molecular formula is C12H20N2O4. The molecule has 1 aliphatic heterocycles. The van der Waals surface area contributed by atoms with Crippen molar-refractivity contribution in [2.75, 3.05) is 13.2 Å². The Morgan fingerprint density at radius 3 is 2.44 bits per heavy atom. The number of hydrogen-bond donors (Lipinski definition) is 3. The summed E-state index contributed by atoms with van der Waals surface area (Å²) in [6.45, 7) is 1.35. The summed E-state index contributed by atoms with van der Waals surface area (Å²) in [7, 11) is 0. The molecule has 1 heterocycles. The Labute approximate surface area is 106 Å². The van der Waals surface area contributed by atoms with Crippen molar-refractivity contribution < 1.29 is 19.4 Å². The third-order valence-corrected chi connectivity index (χ3v) is 3.46. The lowest BCUT2D eigenvalue weighted by molar-refractivity contribution is -0.137. The monoisotopic (exact) mass is 256 g/mol. The highest BCUT2D eigenvalue weighted by molar-refractivity contribution is 5.76. The van der Waals surface area contributed by atoms with Crippen LogP contribution in [0.25, 0.3) is 0 Å². The van der Waals surface area contributed by atoms with Gasteiger partial charge in [-0.2, -0.15) is 0 Å². The number of nitrogens with one attached hydrogen (secondary N) is 2. The molecule has 1 atom stereocenters. The second kappa shape index (κ2) is 6.04. The van der Waals surface area contributed by atoms with Crippen LogP contribution in [0.5, 0.6) is 0 Å². The summed E-state index contributed by atoms with van der Waals surface area (Å²) in [5.41, 5.74) is 0. The van der Waals surface area contributed by atoms with Gasteiger partial charge in [-0.15, -0.1) is 0 Å². The van der Waals surface area contributed by atoms with E-state index < -0.39 is 5.97 Å². The maximum Gasteiger partial charge on any atom is 0.315 e. The summed E-state index contributed by atoms with van der Waals surface area (Å²) >= 11 is 0. The SMILES string of the molecule is O=C(O)CC(NC(=O)NC1CCOCC1)C1CC1. The molecule has 1 saturated carbocycles. The highest BCUT2D eigenvalue weighted by atomic mass is 16.5. The fourth-order valence-corrected chi connectivity index (χ4v) is 2.26. The van der Waals surface area contributed by atoms with Crippen molar-refractivity contribution in [1.82, 2.24) is 10.6 Å². The summed E-state index contributed by atoms with van der Waals surface area (Å²) in [5.74, 6) is -0.528. The van der Waals surface area contributed by atoms with Crippen LogP contribution in [0.3, 0.4) is 0 Å². The van der Waals surface area contributed by atoms with Crippen molar-refractivity contribution >= 4 is 12.0 Å². The Hall–Kier alpha value is -1.30. The molecule has 0 bridgehead atoms. The number of carboxylic acids is 1. The van der Waals surface area contributed by atoms with Crippen LogP contribution in [0, 0.1) is 5.92 Å². The molecule has 2 aliphatic rings.